The summed E-state index contributed by atoms with van der Waals surface area (Å²) >= 11 is 0. The number of aromatic nitrogens is 2. The van der Waals surface area contributed by atoms with Gasteiger partial charge in [-0.25, -0.2) is 0 Å². The van der Waals surface area contributed by atoms with Crippen LogP contribution in [0.1, 0.15) is 13.8 Å². The summed E-state index contributed by atoms with van der Waals surface area (Å²) in [5.74, 6) is 0. The van der Waals surface area contributed by atoms with E-state index in [1.165, 1.54) is 119 Å². The molecular weight excluding hydrogens is 701 g/mol. The van der Waals surface area contributed by atoms with Gasteiger partial charge < -0.3 is 9.13 Å². The Labute approximate surface area is 335 Å². The second-order valence-corrected chi connectivity index (χ2v) is 15.7. The van der Waals surface area contributed by atoms with Crippen LogP contribution in [0.2, 0.25) is 0 Å². The highest BCUT2D eigenvalue weighted by Gasteiger charge is 2.17. The summed E-state index contributed by atoms with van der Waals surface area (Å²) in [6.07, 6.45) is 0. The van der Waals surface area contributed by atoms with Crippen LogP contribution in [-0.2, 0) is 13.1 Å². The summed E-state index contributed by atoms with van der Waals surface area (Å²) in [4.78, 5) is 0. The smallest absolute Gasteiger partial charge is 0.0497 e. The highest BCUT2D eigenvalue weighted by atomic mass is 15.0. The summed E-state index contributed by atoms with van der Waals surface area (Å²) in [5, 5.41) is 24.1. The standard InChI is InChI=1S/C30H21N.C26H19N/c1-2-31-27-14-8-7-13-26(27)30-25-16-15-23-21-11-4-3-9-19(21)20-10-5-6-12-22(20)29(23)24(25)17-18-28(30)31;1-2-27-23-10-6-5-9-22(23)26-21-14-13-18-12-11-17-7-3-4-8-19(17)25(18)20(21)15-16-24(26)27/h3-18H,2H2,1H3;3-16H,2H2,1H3. The number of hydrogen-bond acceptors (Lipinski definition) is 0. The Morgan fingerprint density at radius 3 is 1.16 bits per heavy atom. The van der Waals surface area contributed by atoms with Crippen LogP contribution >= 0.6 is 0 Å². The Kier molecular flexibility index (Phi) is 7.22. The molecule has 13 rings (SSSR count). The molecule has 13 aromatic rings. The van der Waals surface area contributed by atoms with E-state index in [2.05, 4.69) is 205 Å². The van der Waals surface area contributed by atoms with Crippen LogP contribution in [0, 0.1) is 0 Å². The van der Waals surface area contributed by atoms with Gasteiger partial charge in [-0.1, -0.05) is 158 Å². The second-order valence-electron chi connectivity index (χ2n) is 15.7. The van der Waals surface area contributed by atoms with Gasteiger partial charge in [-0.15, -0.1) is 0 Å². The minimum absolute atomic E-state index is 0.969. The third-order valence-electron chi connectivity index (χ3n) is 12.9. The first-order valence-electron chi connectivity index (χ1n) is 20.6. The molecule has 2 heterocycles. The summed E-state index contributed by atoms with van der Waals surface area (Å²) < 4.78 is 4.87. The van der Waals surface area contributed by atoms with Gasteiger partial charge in [0.25, 0.3) is 0 Å². The number of benzene rings is 11. The number of fused-ring (bicyclic) bond motifs is 21. The van der Waals surface area contributed by atoms with Gasteiger partial charge in [0, 0.05) is 56.7 Å². The molecule has 2 heteroatoms. The lowest BCUT2D eigenvalue weighted by molar-refractivity contribution is 0.827. The Morgan fingerprint density at radius 1 is 0.241 bits per heavy atom. The van der Waals surface area contributed by atoms with Crippen molar-refractivity contribution < 1.29 is 0 Å². The first-order valence-corrected chi connectivity index (χ1v) is 20.6. The van der Waals surface area contributed by atoms with Gasteiger partial charge in [-0.3, -0.25) is 0 Å². The molecule has 0 unspecified atom stereocenters. The maximum absolute atomic E-state index is 2.44. The highest BCUT2D eigenvalue weighted by molar-refractivity contribution is 6.35. The van der Waals surface area contributed by atoms with Crippen molar-refractivity contribution >= 4 is 119 Å². The van der Waals surface area contributed by atoms with E-state index < -0.39 is 0 Å². The van der Waals surface area contributed by atoms with Crippen molar-refractivity contribution in [3.63, 3.8) is 0 Å². The van der Waals surface area contributed by atoms with E-state index in [9.17, 15) is 0 Å². The van der Waals surface area contributed by atoms with Crippen molar-refractivity contribution in [2.45, 2.75) is 26.9 Å². The van der Waals surface area contributed by atoms with Crippen molar-refractivity contribution in [1.29, 1.82) is 0 Å². The van der Waals surface area contributed by atoms with Crippen molar-refractivity contribution in [3.8, 4) is 0 Å². The van der Waals surface area contributed by atoms with Gasteiger partial charge in [-0.05, 0) is 114 Å². The molecule has 0 atom stereocenters. The lowest BCUT2D eigenvalue weighted by atomic mass is 9.90. The van der Waals surface area contributed by atoms with Crippen molar-refractivity contribution in [1.82, 2.24) is 9.13 Å². The van der Waals surface area contributed by atoms with E-state index in [4.69, 9.17) is 0 Å². The van der Waals surface area contributed by atoms with Crippen molar-refractivity contribution in [2.75, 3.05) is 0 Å². The normalized spacial score (nSPS) is 12.1. The largest absolute Gasteiger partial charge is 0.341 e. The van der Waals surface area contributed by atoms with Crippen molar-refractivity contribution in [2.24, 2.45) is 0 Å². The van der Waals surface area contributed by atoms with Crippen LogP contribution in [-0.4, -0.2) is 9.13 Å². The number of hydrogen-bond donors (Lipinski definition) is 0. The molecule has 0 saturated carbocycles. The fourth-order valence-electron chi connectivity index (χ4n) is 10.5. The molecule has 0 saturated heterocycles. The zero-order valence-electron chi connectivity index (χ0n) is 32.6. The molecule has 0 fully saturated rings. The quantitative estimate of drug-likeness (QED) is 0.156. The van der Waals surface area contributed by atoms with Gasteiger partial charge >= 0.3 is 0 Å². The van der Waals surface area contributed by atoms with Crippen LogP contribution in [0.15, 0.2) is 182 Å². The van der Waals surface area contributed by atoms with Crippen LogP contribution in [0.5, 0.6) is 0 Å². The Hall–Kier alpha value is -7.16. The van der Waals surface area contributed by atoms with Crippen LogP contribution in [0.3, 0.4) is 0 Å². The summed E-state index contributed by atoms with van der Waals surface area (Å²) in [5.41, 5.74) is 5.28. The van der Waals surface area contributed by atoms with E-state index in [0.717, 1.165) is 13.1 Å². The third-order valence-corrected chi connectivity index (χ3v) is 12.9. The molecule has 58 heavy (non-hydrogen) atoms. The van der Waals surface area contributed by atoms with E-state index in [0.29, 0.717) is 0 Å². The highest BCUT2D eigenvalue weighted by Crippen LogP contribution is 2.43. The third kappa shape index (κ3) is 4.54. The van der Waals surface area contributed by atoms with Crippen LogP contribution in [0.4, 0.5) is 0 Å². The van der Waals surface area contributed by atoms with Crippen LogP contribution < -0.4 is 0 Å². The molecule has 2 aromatic heterocycles. The number of nitrogens with zero attached hydrogens (tertiary/aromatic N) is 2. The minimum atomic E-state index is 0.969. The topological polar surface area (TPSA) is 9.86 Å². The first kappa shape index (κ1) is 33.0. The Balaban J connectivity index is 0.000000128. The molecule has 0 bridgehead atoms. The summed E-state index contributed by atoms with van der Waals surface area (Å²) in [6, 6.07) is 67.0. The molecule has 0 aliphatic carbocycles. The monoisotopic (exact) mass is 740 g/mol. The molecule has 0 radical (unpaired) electrons. The number of aryl methyl sites for hydroxylation is 2. The number of rotatable bonds is 2. The minimum Gasteiger partial charge on any atom is -0.341 e. The average Bonchev–Trinajstić information content (AvgIpc) is 3.81. The maximum Gasteiger partial charge on any atom is 0.0497 e. The molecule has 11 aromatic carbocycles. The summed E-state index contributed by atoms with van der Waals surface area (Å²) in [6.45, 7) is 6.41. The Morgan fingerprint density at radius 2 is 0.586 bits per heavy atom. The lowest BCUT2D eigenvalue weighted by Gasteiger charge is -2.13. The Bertz CT molecular complexity index is 3790. The predicted molar refractivity (Wildman–Crippen MR) is 253 cm³/mol. The fourth-order valence-corrected chi connectivity index (χ4v) is 10.5. The van der Waals surface area contributed by atoms with Crippen LogP contribution in [0.25, 0.3) is 119 Å². The van der Waals surface area contributed by atoms with E-state index in [1.807, 2.05) is 0 Å². The molecule has 0 N–H and O–H groups in total. The van der Waals surface area contributed by atoms with E-state index >= 15 is 0 Å². The molecule has 2 nitrogen and oxygen atoms in total. The SMILES string of the molecule is CCn1c2ccccc2c2c3ccc4c5ccccc5c5ccccc5c4c3ccc21.CCn1c2ccccc2c2c3ccc4ccc5ccccc5c4c3ccc21. The van der Waals surface area contributed by atoms with Gasteiger partial charge in [-0.2, -0.15) is 0 Å². The van der Waals surface area contributed by atoms with Crippen molar-refractivity contribution in [3.05, 3.63) is 182 Å². The molecule has 0 amide bonds. The van der Waals surface area contributed by atoms with Gasteiger partial charge in [0.2, 0.25) is 0 Å². The molecule has 274 valence electrons. The van der Waals surface area contributed by atoms with E-state index in [1.54, 1.807) is 0 Å². The van der Waals surface area contributed by atoms with Gasteiger partial charge in [0.1, 0.15) is 0 Å². The summed E-state index contributed by atoms with van der Waals surface area (Å²) in [7, 11) is 0. The predicted octanol–water partition coefficient (Wildman–Crippen LogP) is 15.7. The molecule has 0 aliphatic heterocycles. The number of para-hydroxylation sites is 2. The second kappa shape index (κ2) is 12.7. The van der Waals surface area contributed by atoms with Gasteiger partial charge in [0.05, 0.1) is 0 Å². The zero-order chi connectivity index (χ0) is 38.5. The zero-order valence-corrected chi connectivity index (χ0v) is 32.6. The molecule has 0 spiro atoms. The average molecular weight is 741 g/mol. The fraction of sp³-hybridized carbons (Fsp3) is 0.0714. The lowest BCUT2D eigenvalue weighted by Crippen LogP contribution is -1.92. The molecular formula is C56H40N2. The first-order chi connectivity index (χ1) is 28.7. The van der Waals surface area contributed by atoms with Gasteiger partial charge in [0.15, 0.2) is 0 Å². The maximum atomic E-state index is 2.44. The molecule has 0 aliphatic rings. The van der Waals surface area contributed by atoms with E-state index in [-0.39, 0.29) is 0 Å².